The third-order valence-electron chi connectivity index (χ3n) is 3.97. The number of hydrogen-bond donors (Lipinski definition) is 1. The van der Waals surface area contributed by atoms with E-state index < -0.39 is 0 Å². The van der Waals surface area contributed by atoms with Crippen molar-refractivity contribution in [3.8, 4) is 0 Å². The average Bonchev–Trinajstić information content (AvgIpc) is 2.73. The summed E-state index contributed by atoms with van der Waals surface area (Å²) in [6.45, 7) is 2.68. The van der Waals surface area contributed by atoms with Crippen molar-refractivity contribution in [2.75, 3.05) is 7.05 Å². The van der Waals surface area contributed by atoms with Gasteiger partial charge in [-0.2, -0.15) is 0 Å². The maximum absolute atomic E-state index is 12.6. The molecule has 1 fully saturated rings. The lowest BCUT2D eigenvalue weighted by atomic mass is 9.74. The summed E-state index contributed by atoms with van der Waals surface area (Å²) in [4.78, 5) is 14.4. The molecule has 1 aromatic heterocycles. The van der Waals surface area contributed by atoms with Crippen LogP contribution in [0.15, 0.2) is 15.2 Å². The van der Waals surface area contributed by atoms with Gasteiger partial charge >= 0.3 is 0 Å². The van der Waals surface area contributed by atoms with E-state index in [2.05, 4.69) is 27.4 Å². The Morgan fingerprint density at radius 3 is 2.85 bits per heavy atom. The van der Waals surface area contributed by atoms with Crippen LogP contribution < -0.4 is 5.73 Å². The van der Waals surface area contributed by atoms with E-state index in [-0.39, 0.29) is 29.8 Å². The van der Waals surface area contributed by atoms with E-state index in [1.54, 1.807) is 11.3 Å². The standard InChI is InChI=1S/C14H21BrN2OS.ClH/c1-14(16)6-4-3-5-11(14)13(18)17(2)8-10-7-12(15)19-9-10;/h7,9,11H,3-6,8,16H2,1-2H3;1H. The quantitative estimate of drug-likeness (QED) is 0.865. The smallest absolute Gasteiger partial charge is 0.227 e. The van der Waals surface area contributed by atoms with E-state index in [4.69, 9.17) is 5.73 Å². The fourth-order valence-electron chi connectivity index (χ4n) is 2.81. The normalized spacial score (nSPS) is 25.9. The second kappa shape index (κ2) is 7.25. The van der Waals surface area contributed by atoms with Gasteiger partial charge in [-0.3, -0.25) is 4.79 Å². The Balaban J connectivity index is 0.00000200. The third-order valence-corrected chi connectivity index (χ3v) is 5.52. The molecule has 3 nitrogen and oxygen atoms in total. The summed E-state index contributed by atoms with van der Waals surface area (Å²) < 4.78 is 1.10. The molecule has 0 saturated heterocycles. The molecule has 2 N–H and O–H groups in total. The molecule has 0 spiro atoms. The summed E-state index contributed by atoms with van der Waals surface area (Å²) in [6, 6.07) is 2.07. The van der Waals surface area contributed by atoms with Crippen LogP contribution in [0.3, 0.4) is 0 Å². The SMILES string of the molecule is CN(Cc1csc(Br)c1)C(=O)C1CCCCC1(C)N.Cl. The maximum atomic E-state index is 12.6. The van der Waals surface area contributed by atoms with Crippen molar-refractivity contribution in [1.29, 1.82) is 0 Å². The van der Waals surface area contributed by atoms with Crippen LogP contribution >= 0.6 is 39.7 Å². The highest BCUT2D eigenvalue weighted by atomic mass is 79.9. The zero-order valence-corrected chi connectivity index (χ0v) is 15.1. The predicted octanol–water partition coefficient (Wildman–Crippen LogP) is 3.80. The van der Waals surface area contributed by atoms with Gasteiger partial charge in [-0.15, -0.1) is 23.7 Å². The first kappa shape index (κ1) is 18.0. The minimum atomic E-state index is -0.348. The number of nitrogens with zero attached hydrogens (tertiary/aromatic N) is 1. The maximum Gasteiger partial charge on any atom is 0.227 e. The fraction of sp³-hybridized carbons (Fsp3) is 0.643. The Bertz CT molecular complexity index is 464. The van der Waals surface area contributed by atoms with Gasteiger partial charge in [-0.1, -0.05) is 12.8 Å². The van der Waals surface area contributed by atoms with E-state index in [0.717, 1.165) is 29.5 Å². The first-order valence-corrected chi connectivity index (χ1v) is 8.34. The molecule has 2 atom stereocenters. The first-order chi connectivity index (χ1) is 8.90. The van der Waals surface area contributed by atoms with Gasteiger partial charge in [0, 0.05) is 19.1 Å². The number of nitrogens with two attached hydrogens (primary N) is 1. The van der Waals surface area contributed by atoms with Gasteiger partial charge in [0.05, 0.1) is 9.70 Å². The van der Waals surface area contributed by atoms with Gasteiger partial charge in [0.15, 0.2) is 0 Å². The molecule has 1 aliphatic carbocycles. The second-order valence-electron chi connectivity index (χ2n) is 5.76. The second-order valence-corrected chi connectivity index (χ2v) is 8.05. The Morgan fingerprint density at radius 2 is 2.30 bits per heavy atom. The zero-order chi connectivity index (χ0) is 14.0. The number of hydrogen-bond acceptors (Lipinski definition) is 3. The lowest BCUT2D eigenvalue weighted by Gasteiger charge is -2.39. The summed E-state index contributed by atoms with van der Waals surface area (Å²) in [6.07, 6.45) is 4.11. The summed E-state index contributed by atoms with van der Waals surface area (Å²) in [5, 5.41) is 2.08. The number of rotatable bonds is 3. The molecule has 1 heterocycles. The van der Waals surface area contributed by atoms with Gasteiger partial charge in [-0.05, 0) is 52.7 Å². The molecule has 20 heavy (non-hydrogen) atoms. The number of carbonyl (C=O) groups excluding carboxylic acids is 1. The van der Waals surface area contributed by atoms with Crippen LogP contribution in [0.5, 0.6) is 0 Å². The minimum Gasteiger partial charge on any atom is -0.341 e. The Morgan fingerprint density at radius 1 is 1.60 bits per heavy atom. The molecule has 0 radical (unpaired) electrons. The molecule has 0 bridgehead atoms. The highest BCUT2D eigenvalue weighted by Gasteiger charge is 2.39. The van der Waals surface area contributed by atoms with Crippen molar-refractivity contribution >= 4 is 45.6 Å². The van der Waals surface area contributed by atoms with Gasteiger partial charge < -0.3 is 10.6 Å². The van der Waals surface area contributed by atoms with Crippen LogP contribution in [0.2, 0.25) is 0 Å². The van der Waals surface area contributed by atoms with E-state index in [1.165, 1.54) is 5.56 Å². The molecule has 6 heteroatoms. The molecule has 1 amide bonds. The predicted molar refractivity (Wildman–Crippen MR) is 90.3 cm³/mol. The van der Waals surface area contributed by atoms with Gasteiger partial charge in [0.2, 0.25) is 5.91 Å². The van der Waals surface area contributed by atoms with Crippen molar-refractivity contribution in [3.63, 3.8) is 0 Å². The van der Waals surface area contributed by atoms with Crippen molar-refractivity contribution in [3.05, 3.63) is 20.8 Å². The highest BCUT2D eigenvalue weighted by molar-refractivity contribution is 9.11. The number of carbonyl (C=O) groups is 1. The summed E-state index contributed by atoms with van der Waals surface area (Å²) in [7, 11) is 1.87. The van der Waals surface area contributed by atoms with Crippen LogP contribution in [0.1, 0.15) is 38.2 Å². The molecule has 2 rings (SSSR count). The fourth-order valence-corrected chi connectivity index (χ4v) is 4.01. The molecule has 2 unspecified atom stereocenters. The first-order valence-electron chi connectivity index (χ1n) is 6.67. The van der Waals surface area contributed by atoms with E-state index in [1.807, 2.05) is 18.9 Å². The number of halogens is 2. The topological polar surface area (TPSA) is 46.3 Å². The van der Waals surface area contributed by atoms with Crippen LogP contribution in [-0.4, -0.2) is 23.4 Å². The van der Waals surface area contributed by atoms with E-state index in [9.17, 15) is 4.79 Å². The van der Waals surface area contributed by atoms with Crippen molar-refractivity contribution in [2.45, 2.75) is 44.7 Å². The molecule has 1 aliphatic rings. The van der Waals surface area contributed by atoms with Crippen molar-refractivity contribution in [1.82, 2.24) is 4.90 Å². The van der Waals surface area contributed by atoms with Gasteiger partial charge in [0.25, 0.3) is 0 Å². The highest BCUT2D eigenvalue weighted by Crippen LogP contribution is 2.33. The van der Waals surface area contributed by atoms with Gasteiger partial charge in [0.1, 0.15) is 0 Å². The van der Waals surface area contributed by atoms with Crippen molar-refractivity contribution in [2.24, 2.45) is 11.7 Å². The Hall–Kier alpha value is -0.100. The molecule has 1 saturated carbocycles. The zero-order valence-electron chi connectivity index (χ0n) is 11.9. The molecule has 0 aliphatic heterocycles. The van der Waals surface area contributed by atoms with Crippen LogP contribution in [0.25, 0.3) is 0 Å². The van der Waals surface area contributed by atoms with Crippen LogP contribution in [0, 0.1) is 5.92 Å². The largest absolute Gasteiger partial charge is 0.341 e. The van der Waals surface area contributed by atoms with E-state index >= 15 is 0 Å². The third kappa shape index (κ3) is 4.20. The van der Waals surface area contributed by atoms with E-state index in [0.29, 0.717) is 6.54 Å². The summed E-state index contributed by atoms with van der Waals surface area (Å²) in [5.41, 5.74) is 7.13. The lowest BCUT2D eigenvalue weighted by Crippen LogP contribution is -2.52. The number of thiophene rings is 1. The monoisotopic (exact) mass is 380 g/mol. The Labute approximate surface area is 139 Å². The number of amides is 1. The minimum absolute atomic E-state index is 0. The summed E-state index contributed by atoms with van der Waals surface area (Å²) >= 11 is 5.10. The lowest BCUT2D eigenvalue weighted by molar-refractivity contribution is -0.138. The molecular weight excluding hydrogens is 360 g/mol. The Kier molecular flexibility index (Phi) is 6.51. The van der Waals surface area contributed by atoms with Crippen LogP contribution in [0.4, 0.5) is 0 Å². The molecule has 0 aromatic carbocycles. The molecule has 1 aromatic rings. The summed E-state index contributed by atoms with van der Waals surface area (Å²) in [5.74, 6) is 0.153. The molecular formula is C14H22BrClN2OS. The molecule has 114 valence electrons. The average molecular weight is 382 g/mol. The van der Waals surface area contributed by atoms with Crippen LogP contribution in [-0.2, 0) is 11.3 Å². The van der Waals surface area contributed by atoms with Crippen molar-refractivity contribution < 1.29 is 4.79 Å². The van der Waals surface area contributed by atoms with Gasteiger partial charge in [-0.25, -0.2) is 0 Å².